The molecule has 1 aromatic heterocycles. The van der Waals surface area contributed by atoms with E-state index >= 15 is 0 Å². The largest absolute Gasteiger partial charge is 0.352 e. The van der Waals surface area contributed by atoms with Crippen LogP contribution in [-0.2, 0) is 11.2 Å². The van der Waals surface area contributed by atoms with Gasteiger partial charge >= 0.3 is 0 Å². The number of thiophene rings is 1. The number of nitrogens with one attached hydrogen (secondary N) is 1. The van der Waals surface area contributed by atoms with Crippen LogP contribution in [0.4, 0.5) is 0 Å². The maximum absolute atomic E-state index is 11.7. The summed E-state index contributed by atoms with van der Waals surface area (Å²) < 4.78 is 0. The average molecular weight is 277 g/mol. The Morgan fingerprint density at radius 2 is 2.12 bits per heavy atom. The maximum atomic E-state index is 11.7. The standard InChI is InChI=1S/C12H20N2OS.ClH/c1-8(2)11(13)12(15)14-9(3)7-10-5-4-6-16-10;/h4-6,8-9,11H,7,13H2,1-3H3,(H,14,15);1H. The van der Waals surface area contributed by atoms with Crippen molar-refractivity contribution in [2.24, 2.45) is 11.7 Å². The molecule has 2 atom stereocenters. The molecule has 5 heteroatoms. The minimum Gasteiger partial charge on any atom is -0.352 e. The predicted molar refractivity (Wildman–Crippen MR) is 75.7 cm³/mol. The summed E-state index contributed by atoms with van der Waals surface area (Å²) in [6, 6.07) is 3.83. The van der Waals surface area contributed by atoms with Gasteiger partial charge in [-0.2, -0.15) is 0 Å². The lowest BCUT2D eigenvalue weighted by atomic mass is 10.0. The van der Waals surface area contributed by atoms with Crippen molar-refractivity contribution in [3.05, 3.63) is 22.4 Å². The SMILES string of the molecule is CC(Cc1cccs1)NC(=O)C(N)C(C)C.Cl. The predicted octanol–water partition coefficient (Wildman–Crippen LogP) is 2.20. The molecule has 98 valence electrons. The molecule has 1 aromatic rings. The molecule has 17 heavy (non-hydrogen) atoms. The highest BCUT2D eigenvalue weighted by Gasteiger charge is 2.18. The molecule has 3 N–H and O–H groups in total. The summed E-state index contributed by atoms with van der Waals surface area (Å²) in [4.78, 5) is 13.0. The molecule has 0 saturated carbocycles. The van der Waals surface area contributed by atoms with E-state index in [9.17, 15) is 4.79 Å². The van der Waals surface area contributed by atoms with Crippen molar-refractivity contribution in [1.82, 2.24) is 5.32 Å². The average Bonchev–Trinajstić information content (AvgIpc) is 2.68. The van der Waals surface area contributed by atoms with Crippen molar-refractivity contribution >= 4 is 29.7 Å². The van der Waals surface area contributed by atoms with Gasteiger partial charge in [-0.15, -0.1) is 23.7 Å². The maximum Gasteiger partial charge on any atom is 0.237 e. The normalized spacial score (nSPS) is 13.9. The van der Waals surface area contributed by atoms with E-state index in [1.807, 2.05) is 32.2 Å². The van der Waals surface area contributed by atoms with E-state index < -0.39 is 6.04 Å². The molecule has 0 aliphatic carbocycles. The second-order valence-electron chi connectivity index (χ2n) is 4.46. The van der Waals surface area contributed by atoms with Crippen LogP contribution in [0, 0.1) is 5.92 Å². The van der Waals surface area contributed by atoms with Crippen LogP contribution in [0.2, 0.25) is 0 Å². The molecular formula is C12H21ClN2OS. The van der Waals surface area contributed by atoms with E-state index in [2.05, 4.69) is 11.4 Å². The highest BCUT2D eigenvalue weighted by atomic mass is 35.5. The Morgan fingerprint density at radius 1 is 1.47 bits per heavy atom. The molecule has 3 nitrogen and oxygen atoms in total. The van der Waals surface area contributed by atoms with E-state index in [4.69, 9.17) is 5.73 Å². The summed E-state index contributed by atoms with van der Waals surface area (Å²) in [6.45, 7) is 5.91. The first-order valence-electron chi connectivity index (χ1n) is 5.59. The van der Waals surface area contributed by atoms with E-state index in [0.717, 1.165) is 6.42 Å². The van der Waals surface area contributed by atoms with Gasteiger partial charge in [-0.3, -0.25) is 4.79 Å². The first-order chi connectivity index (χ1) is 7.50. The Balaban J connectivity index is 0.00000256. The van der Waals surface area contributed by atoms with Gasteiger partial charge in [0.2, 0.25) is 5.91 Å². The lowest BCUT2D eigenvalue weighted by molar-refractivity contribution is -0.123. The number of nitrogens with two attached hydrogens (primary N) is 1. The van der Waals surface area contributed by atoms with E-state index in [-0.39, 0.29) is 30.3 Å². The number of halogens is 1. The van der Waals surface area contributed by atoms with E-state index in [1.54, 1.807) is 11.3 Å². The Kier molecular flexibility index (Phi) is 7.43. The minimum atomic E-state index is -0.411. The molecule has 0 bridgehead atoms. The number of carbonyl (C=O) groups is 1. The second kappa shape index (κ2) is 7.69. The molecule has 0 spiro atoms. The molecule has 0 aromatic carbocycles. The van der Waals surface area contributed by atoms with Gasteiger partial charge in [0.15, 0.2) is 0 Å². The molecule has 1 heterocycles. The highest BCUT2D eigenvalue weighted by Crippen LogP contribution is 2.11. The van der Waals surface area contributed by atoms with Crippen LogP contribution in [0.1, 0.15) is 25.6 Å². The lowest BCUT2D eigenvalue weighted by Crippen LogP contribution is -2.47. The van der Waals surface area contributed by atoms with Crippen molar-refractivity contribution in [3.8, 4) is 0 Å². The number of carbonyl (C=O) groups excluding carboxylic acids is 1. The van der Waals surface area contributed by atoms with Crippen molar-refractivity contribution in [2.45, 2.75) is 39.3 Å². The van der Waals surface area contributed by atoms with Gasteiger partial charge in [-0.25, -0.2) is 0 Å². The quantitative estimate of drug-likeness (QED) is 0.866. The van der Waals surface area contributed by atoms with Gasteiger partial charge in [0, 0.05) is 17.3 Å². The van der Waals surface area contributed by atoms with Crippen LogP contribution in [0.15, 0.2) is 17.5 Å². The molecule has 0 aliphatic heterocycles. The molecule has 0 aliphatic rings. The van der Waals surface area contributed by atoms with Crippen LogP contribution < -0.4 is 11.1 Å². The fourth-order valence-electron chi connectivity index (χ4n) is 1.42. The van der Waals surface area contributed by atoms with Crippen LogP contribution in [0.3, 0.4) is 0 Å². The minimum absolute atomic E-state index is 0. The monoisotopic (exact) mass is 276 g/mol. The van der Waals surface area contributed by atoms with E-state index in [0.29, 0.717) is 0 Å². The summed E-state index contributed by atoms with van der Waals surface area (Å²) in [7, 11) is 0. The number of hydrogen-bond acceptors (Lipinski definition) is 3. The van der Waals surface area contributed by atoms with Crippen molar-refractivity contribution in [1.29, 1.82) is 0 Å². The zero-order valence-corrected chi connectivity index (χ0v) is 12.1. The van der Waals surface area contributed by atoms with Gasteiger partial charge in [0.05, 0.1) is 6.04 Å². The molecule has 0 radical (unpaired) electrons. The highest BCUT2D eigenvalue weighted by molar-refractivity contribution is 7.09. The van der Waals surface area contributed by atoms with Gasteiger partial charge in [0.25, 0.3) is 0 Å². The number of amides is 1. The molecular weight excluding hydrogens is 256 g/mol. The molecule has 1 rings (SSSR count). The Morgan fingerprint density at radius 3 is 2.59 bits per heavy atom. The summed E-state index contributed by atoms with van der Waals surface area (Å²) in [5.41, 5.74) is 5.77. The van der Waals surface area contributed by atoms with Gasteiger partial charge in [0.1, 0.15) is 0 Å². The third kappa shape index (κ3) is 5.52. The van der Waals surface area contributed by atoms with Crippen molar-refractivity contribution in [2.75, 3.05) is 0 Å². The Hall–Kier alpha value is -0.580. The van der Waals surface area contributed by atoms with E-state index in [1.165, 1.54) is 4.88 Å². The van der Waals surface area contributed by atoms with Crippen LogP contribution in [-0.4, -0.2) is 18.0 Å². The first kappa shape index (κ1) is 16.4. The lowest BCUT2D eigenvalue weighted by Gasteiger charge is -2.19. The van der Waals surface area contributed by atoms with Gasteiger partial charge in [-0.05, 0) is 24.3 Å². The summed E-state index contributed by atoms with van der Waals surface area (Å²) in [6.07, 6.45) is 0.869. The summed E-state index contributed by atoms with van der Waals surface area (Å²) in [5.74, 6) is 0.119. The number of rotatable bonds is 5. The molecule has 2 unspecified atom stereocenters. The topological polar surface area (TPSA) is 55.1 Å². The van der Waals surface area contributed by atoms with Gasteiger partial charge in [-0.1, -0.05) is 19.9 Å². The molecule has 0 fully saturated rings. The fourth-order valence-corrected chi connectivity index (χ4v) is 2.26. The zero-order valence-electron chi connectivity index (χ0n) is 10.5. The zero-order chi connectivity index (χ0) is 12.1. The smallest absolute Gasteiger partial charge is 0.237 e. The van der Waals surface area contributed by atoms with Crippen LogP contribution in [0.5, 0.6) is 0 Å². The third-order valence-corrected chi connectivity index (χ3v) is 3.40. The van der Waals surface area contributed by atoms with Gasteiger partial charge < -0.3 is 11.1 Å². The van der Waals surface area contributed by atoms with Crippen molar-refractivity contribution in [3.63, 3.8) is 0 Å². The fraction of sp³-hybridized carbons (Fsp3) is 0.583. The Bertz CT molecular complexity index is 327. The Labute approximate surface area is 113 Å². The number of hydrogen-bond donors (Lipinski definition) is 2. The van der Waals surface area contributed by atoms with Crippen LogP contribution in [0.25, 0.3) is 0 Å². The molecule has 1 amide bonds. The summed E-state index contributed by atoms with van der Waals surface area (Å²) >= 11 is 1.71. The van der Waals surface area contributed by atoms with Crippen molar-refractivity contribution < 1.29 is 4.79 Å². The summed E-state index contributed by atoms with van der Waals surface area (Å²) in [5, 5.41) is 4.99. The third-order valence-electron chi connectivity index (χ3n) is 2.50. The first-order valence-corrected chi connectivity index (χ1v) is 6.47. The molecule has 0 saturated heterocycles. The van der Waals surface area contributed by atoms with Crippen LogP contribution >= 0.6 is 23.7 Å². The second-order valence-corrected chi connectivity index (χ2v) is 5.50.